The molecule has 1 aliphatic heterocycles. The fourth-order valence-corrected chi connectivity index (χ4v) is 3.45. The van der Waals surface area contributed by atoms with Crippen molar-refractivity contribution in [1.82, 2.24) is 9.88 Å². The highest BCUT2D eigenvalue weighted by Gasteiger charge is 2.40. The molecule has 0 saturated heterocycles. The number of nitrogens with zero attached hydrogens (tertiary/aromatic N) is 1. The van der Waals surface area contributed by atoms with Crippen LogP contribution in [-0.4, -0.2) is 16.2 Å². The van der Waals surface area contributed by atoms with Crippen molar-refractivity contribution in [3.05, 3.63) is 29.5 Å². The van der Waals surface area contributed by atoms with Crippen LogP contribution in [0.4, 0.5) is 13.2 Å². The van der Waals surface area contributed by atoms with Crippen molar-refractivity contribution in [2.45, 2.75) is 31.6 Å². The van der Waals surface area contributed by atoms with Gasteiger partial charge in [-0.25, -0.2) is 0 Å². The van der Waals surface area contributed by atoms with Gasteiger partial charge in [0.15, 0.2) is 5.88 Å². The van der Waals surface area contributed by atoms with E-state index in [1.54, 1.807) is 10.6 Å². The number of nitrogens with one attached hydrogen (secondary N) is 1. The van der Waals surface area contributed by atoms with E-state index in [1.807, 2.05) is 0 Å². The molecular weight excluding hydrogens is 281 g/mol. The molecular formula is C15H15F3N2O. The molecule has 2 aromatic rings. The van der Waals surface area contributed by atoms with E-state index in [9.17, 15) is 18.3 Å². The molecule has 1 fully saturated rings. The maximum absolute atomic E-state index is 13.2. The fraction of sp³-hybridized carbons (Fsp3) is 0.467. The Morgan fingerprint density at radius 1 is 1.24 bits per heavy atom. The van der Waals surface area contributed by atoms with Crippen LogP contribution in [-0.2, 0) is 12.7 Å². The maximum Gasteiger partial charge on any atom is 0.417 e. The highest BCUT2D eigenvalue weighted by molar-refractivity contribution is 5.94. The summed E-state index contributed by atoms with van der Waals surface area (Å²) < 4.78 is 41.2. The smallest absolute Gasteiger partial charge is 0.417 e. The summed E-state index contributed by atoms with van der Waals surface area (Å²) in [6.45, 7) is 1.17. The molecule has 1 atom stereocenters. The largest absolute Gasteiger partial charge is 0.494 e. The lowest BCUT2D eigenvalue weighted by molar-refractivity contribution is -0.136. The van der Waals surface area contributed by atoms with Crippen LogP contribution in [0.3, 0.4) is 0 Å². The number of aromatic nitrogens is 1. The van der Waals surface area contributed by atoms with Gasteiger partial charge in [0, 0.05) is 24.2 Å². The van der Waals surface area contributed by atoms with Gasteiger partial charge < -0.3 is 15.0 Å². The van der Waals surface area contributed by atoms with E-state index in [1.165, 1.54) is 6.07 Å². The predicted octanol–water partition coefficient (Wildman–Crippen LogP) is 3.42. The molecule has 1 aromatic carbocycles. The van der Waals surface area contributed by atoms with Crippen molar-refractivity contribution >= 4 is 10.8 Å². The van der Waals surface area contributed by atoms with Crippen LogP contribution in [0.5, 0.6) is 5.88 Å². The average molecular weight is 296 g/mol. The Labute approximate surface area is 119 Å². The van der Waals surface area contributed by atoms with Gasteiger partial charge in [0.05, 0.1) is 17.0 Å². The Morgan fingerprint density at radius 3 is 2.67 bits per heavy atom. The quantitative estimate of drug-likeness (QED) is 0.846. The first-order valence-electron chi connectivity index (χ1n) is 7.13. The van der Waals surface area contributed by atoms with Gasteiger partial charge >= 0.3 is 6.18 Å². The number of benzene rings is 1. The first-order valence-corrected chi connectivity index (χ1v) is 7.13. The predicted molar refractivity (Wildman–Crippen MR) is 72.1 cm³/mol. The van der Waals surface area contributed by atoms with Crippen molar-refractivity contribution in [1.29, 1.82) is 0 Å². The third kappa shape index (κ3) is 1.85. The molecule has 0 amide bonds. The second-order valence-corrected chi connectivity index (χ2v) is 5.86. The van der Waals surface area contributed by atoms with Crippen LogP contribution >= 0.6 is 0 Å². The van der Waals surface area contributed by atoms with Gasteiger partial charge in [-0.3, -0.25) is 0 Å². The minimum atomic E-state index is -4.46. The van der Waals surface area contributed by atoms with Crippen LogP contribution in [0.25, 0.3) is 10.8 Å². The summed E-state index contributed by atoms with van der Waals surface area (Å²) in [7, 11) is 0. The van der Waals surface area contributed by atoms with Crippen molar-refractivity contribution in [2.24, 2.45) is 5.92 Å². The Morgan fingerprint density at radius 2 is 2.00 bits per heavy atom. The topological polar surface area (TPSA) is 37.2 Å². The number of halogens is 3. The van der Waals surface area contributed by atoms with Gasteiger partial charge in [0.2, 0.25) is 0 Å². The molecule has 0 spiro atoms. The second kappa shape index (κ2) is 4.16. The molecule has 2 N–H and O–H groups in total. The molecule has 0 unspecified atom stereocenters. The fourth-order valence-electron chi connectivity index (χ4n) is 3.45. The van der Waals surface area contributed by atoms with Gasteiger partial charge in [-0.15, -0.1) is 0 Å². The van der Waals surface area contributed by atoms with Crippen molar-refractivity contribution in [3.8, 4) is 5.88 Å². The summed E-state index contributed by atoms with van der Waals surface area (Å²) in [6.07, 6.45) is -2.29. The Bertz CT molecular complexity index is 716. The molecule has 0 radical (unpaired) electrons. The number of hydrogen-bond acceptors (Lipinski definition) is 2. The first-order chi connectivity index (χ1) is 9.98. The van der Waals surface area contributed by atoms with E-state index in [-0.39, 0.29) is 17.3 Å². The van der Waals surface area contributed by atoms with Gasteiger partial charge in [-0.05, 0) is 24.8 Å². The number of hydrogen-bond donors (Lipinski definition) is 2. The second-order valence-electron chi connectivity index (χ2n) is 5.86. The van der Waals surface area contributed by atoms with Gasteiger partial charge in [0.1, 0.15) is 0 Å². The van der Waals surface area contributed by atoms with E-state index in [4.69, 9.17) is 0 Å². The number of alkyl halides is 3. The normalized spacial score (nSPS) is 22.5. The number of rotatable bonds is 1. The van der Waals surface area contributed by atoms with Crippen LogP contribution in [0.15, 0.2) is 18.2 Å². The monoisotopic (exact) mass is 296 g/mol. The first kappa shape index (κ1) is 13.0. The molecule has 6 heteroatoms. The summed E-state index contributed by atoms with van der Waals surface area (Å²) in [4.78, 5) is 0. The lowest BCUT2D eigenvalue weighted by Gasteiger charge is -2.27. The summed E-state index contributed by atoms with van der Waals surface area (Å²) in [5.74, 6) is 0.219. The number of fused-ring (bicyclic) bond motifs is 3. The minimum absolute atomic E-state index is 0.0469. The van der Waals surface area contributed by atoms with Crippen molar-refractivity contribution in [2.75, 3.05) is 6.54 Å². The van der Waals surface area contributed by atoms with E-state index >= 15 is 0 Å². The molecule has 112 valence electrons. The van der Waals surface area contributed by atoms with E-state index in [2.05, 4.69) is 5.32 Å². The standard InChI is InChI=1S/C15H15F3N2O/c16-15(17,18)10-3-1-2-9-11(10)14(21)20-7-6-19-12(13(9)20)8-4-5-8/h1-3,8,12,19,21H,4-7H2/t12-/m1/s1. The van der Waals surface area contributed by atoms with Gasteiger partial charge in [0.25, 0.3) is 0 Å². The molecule has 2 aliphatic rings. The molecule has 1 aliphatic carbocycles. The van der Waals surface area contributed by atoms with Crippen LogP contribution in [0.1, 0.15) is 30.1 Å². The number of aromatic hydroxyl groups is 1. The lowest BCUT2D eigenvalue weighted by Crippen LogP contribution is -2.34. The molecule has 2 heterocycles. The zero-order valence-corrected chi connectivity index (χ0v) is 11.2. The lowest BCUT2D eigenvalue weighted by atomic mass is 10.0. The zero-order chi connectivity index (χ0) is 14.8. The third-order valence-corrected chi connectivity index (χ3v) is 4.50. The molecule has 21 heavy (non-hydrogen) atoms. The van der Waals surface area contributed by atoms with Gasteiger partial charge in [-0.2, -0.15) is 13.2 Å². The summed E-state index contributed by atoms with van der Waals surface area (Å²) in [5.41, 5.74) is 0.0521. The van der Waals surface area contributed by atoms with E-state index in [0.717, 1.165) is 24.6 Å². The third-order valence-electron chi connectivity index (χ3n) is 4.50. The Hall–Kier alpha value is -1.69. The van der Waals surface area contributed by atoms with Crippen molar-refractivity contribution < 1.29 is 18.3 Å². The molecule has 4 rings (SSSR count). The minimum Gasteiger partial charge on any atom is -0.494 e. The highest BCUT2D eigenvalue weighted by atomic mass is 19.4. The zero-order valence-electron chi connectivity index (χ0n) is 11.2. The molecule has 3 nitrogen and oxygen atoms in total. The summed E-state index contributed by atoms with van der Waals surface area (Å²) in [6, 6.07) is 4.18. The molecule has 1 aromatic heterocycles. The summed E-state index contributed by atoms with van der Waals surface area (Å²) in [5, 5.41) is 14.2. The van der Waals surface area contributed by atoms with Gasteiger partial charge in [-0.1, -0.05) is 12.1 Å². The highest BCUT2D eigenvalue weighted by Crippen LogP contribution is 2.49. The average Bonchev–Trinajstić information content (AvgIpc) is 3.24. The van der Waals surface area contributed by atoms with Crippen LogP contribution in [0.2, 0.25) is 0 Å². The Kier molecular flexibility index (Phi) is 2.58. The SMILES string of the molecule is Oc1c2c(C(F)(F)F)cccc2c2n1CCN[C@@H]2C1CC1. The Balaban J connectivity index is 2.03. The maximum atomic E-state index is 13.2. The molecule has 0 bridgehead atoms. The van der Waals surface area contributed by atoms with Crippen LogP contribution in [0, 0.1) is 5.92 Å². The summed E-state index contributed by atoms with van der Waals surface area (Å²) >= 11 is 0. The van der Waals surface area contributed by atoms with E-state index < -0.39 is 11.7 Å². The van der Waals surface area contributed by atoms with Crippen LogP contribution < -0.4 is 5.32 Å². The van der Waals surface area contributed by atoms with E-state index in [0.29, 0.717) is 24.4 Å². The van der Waals surface area contributed by atoms with Crippen molar-refractivity contribution in [3.63, 3.8) is 0 Å². The molecule has 1 saturated carbocycles.